The minimum absolute atomic E-state index is 0.0132. The molecule has 0 spiro atoms. The van der Waals surface area contributed by atoms with Crippen molar-refractivity contribution in [1.29, 1.82) is 0 Å². The Hall–Kier alpha value is -6.12. The van der Waals surface area contributed by atoms with Gasteiger partial charge in [0.2, 0.25) is 23.6 Å². The lowest BCUT2D eigenvalue weighted by Gasteiger charge is -2.34. The lowest BCUT2D eigenvalue weighted by atomic mass is 9.87. The molecule has 4 N–H and O–H groups in total. The van der Waals surface area contributed by atoms with Crippen molar-refractivity contribution in [3.8, 4) is 0 Å². The Bertz CT molecular complexity index is 2050. The van der Waals surface area contributed by atoms with Crippen LogP contribution in [0.2, 0.25) is 0 Å². The van der Waals surface area contributed by atoms with Crippen LogP contribution in [0.1, 0.15) is 116 Å². The summed E-state index contributed by atoms with van der Waals surface area (Å²) in [5, 5.41) is 11.3. The van der Waals surface area contributed by atoms with E-state index in [1.165, 1.54) is 19.8 Å². The number of ether oxygens (including phenoxy) is 2. The van der Waals surface area contributed by atoms with E-state index in [-0.39, 0.29) is 53.0 Å². The van der Waals surface area contributed by atoms with E-state index in [1.54, 1.807) is 9.80 Å². The molecule has 0 aliphatic carbocycles. The Balaban J connectivity index is 1.17. The van der Waals surface area contributed by atoms with Crippen LogP contribution in [-0.4, -0.2) is 97.1 Å². The van der Waals surface area contributed by atoms with Crippen LogP contribution in [0, 0.1) is 11.8 Å². The van der Waals surface area contributed by atoms with Gasteiger partial charge in [-0.3, -0.25) is 19.2 Å². The molecule has 0 saturated carbocycles. The summed E-state index contributed by atoms with van der Waals surface area (Å²) in [6.45, 7) is 14.8. The molecule has 15 heteroatoms. The summed E-state index contributed by atoms with van der Waals surface area (Å²) in [7, 11) is 2.50. The van der Waals surface area contributed by atoms with Crippen molar-refractivity contribution in [2.45, 2.75) is 129 Å². The van der Waals surface area contributed by atoms with Gasteiger partial charge >= 0.3 is 12.2 Å². The molecule has 3 aliphatic rings. The van der Waals surface area contributed by atoms with Gasteiger partial charge < -0.3 is 45.4 Å². The summed E-state index contributed by atoms with van der Waals surface area (Å²) in [6.07, 6.45) is 2.77. The molecule has 3 aliphatic heterocycles. The second-order valence-corrected chi connectivity index (χ2v) is 19.1. The normalized spacial score (nSPS) is 20.6. The van der Waals surface area contributed by atoms with Gasteiger partial charge in [0.25, 0.3) is 0 Å². The van der Waals surface area contributed by atoms with E-state index in [0.717, 1.165) is 29.7 Å². The molecule has 2 unspecified atom stereocenters. The fraction of sp³-hybridized carbons (Fsp3) is 0.520. The predicted molar refractivity (Wildman–Crippen MR) is 250 cm³/mol. The van der Waals surface area contributed by atoms with Gasteiger partial charge in [0, 0.05) is 30.2 Å². The number of amides is 6. The van der Waals surface area contributed by atoms with Crippen molar-refractivity contribution < 1.29 is 38.2 Å². The number of likely N-dealkylation sites (tertiary alicyclic amines) is 2. The summed E-state index contributed by atoms with van der Waals surface area (Å²) in [5.74, 6) is -1.55. The Labute approximate surface area is 383 Å². The van der Waals surface area contributed by atoms with Crippen molar-refractivity contribution in [3.63, 3.8) is 0 Å². The minimum Gasteiger partial charge on any atom is -0.453 e. The summed E-state index contributed by atoms with van der Waals surface area (Å²) in [4.78, 5) is 84.1. The highest BCUT2D eigenvalue weighted by atomic mass is 16.5. The molecule has 350 valence electrons. The molecule has 15 nitrogen and oxygen atoms in total. The number of carbonyl (C=O) groups excluding carboxylic acids is 6. The molecule has 3 fully saturated rings. The zero-order valence-corrected chi connectivity index (χ0v) is 39.3. The highest BCUT2D eigenvalue weighted by Gasteiger charge is 2.41. The first-order valence-corrected chi connectivity index (χ1v) is 22.9. The van der Waals surface area contributed by atoms with Crippen LogP contribution < -0.4 is 26.2 Å². The van der Waals surface area contributed by atoms with Gasteiger partial charge in [-0.05, 0) is 109 Å². The third-order valence-corrected chi connectivity index (χ3v) is 13.0. The molecular formula is C50H67N7O8. The molecule has 6 amide bonds. The van der Waals surface area contributed by atoms with E-state index < -0.39 is 36.4 Å². The molecule has 6 rings (SSSR count). The van der Waals surface area contributed by atoms with Crippen LogP contribution in [0.25, 0.3) is 0 Å². The second kappa shape index (κ2) is 20.8. The zero-order chi connectivity index (χ0) is 47.2. The molecular weight excluding hydrogens is 827 g/mol. The summed E-state index contributed by atoms with van der Waals surface area (Å²) in [5.41, 5.74) is 5.75. The highest BCUT2D eigenvalue weighted by Crippen LogP contribution is 2.47. The molecule has 0 bridgehead atoms. The minimum atomic E-state index is -0.814. The van der Waals surface area contributed by atoms with Crippen LogP contribution in [0.5, 0.6) is 0 Å². The Morgan fingerprint density at radius 2 is 0.954 bits per heavy atom. The summed E-state index contributed by atoms with van der Waals surface area (Å²) < 4.78 is 9.49. The van der Waals surface area contributed by atoms with Crippen LogP contribution in [0.15, 0.2) is 72.8 Å². The largest absolute Gasteiger partial charge is 0.453 e. The topological polar surface area (TPSA) is 179 Å². The maximum Gasteiger partial charge on any atom is 0.407 e. The van der Waals surface area contributed by atoms with E-state index in [4.69, 9.17) is 9.47 Å². The fourth-order valence-electron chi connectivity index (χ4n) is 9.35. The molecule has 0 radical (unpaired) electrons. The van der Waals surface area contributed by atoms with E-state index in [2.05, 4.69) is 95.5 Å². The maximum absolute atomic E-state index is 13.7. The van der Waals surface area contributed by atoms with Crippen molar-refractivity contribution >= 4 is 52.9 Å². The van der Waals surface area contributed by atoms with E-state index in [0.29, 0.717) is 50.1 Å². The number of methoxy groups -OCH3 is 2. The van der Waals surface area contributed by atoms with Gasteiger partial charge in [0.05, 0.1) is 26.3 Å². The molecule has 6 atom stereocenters. The molecule has 3 saturated heterocycles. The predicted octanol–water partition coefficient (Wildman–Crippen LogP) is 7.69. The SMILES string of the molecule is COC(=O)N[C@H](C(=O)N1CCC[C@H]1C(=O)Nc1ccc(C2CCC(c3ccc(NC(=O)[C@@H]4CCCN4C(=O)[C@@H](NC(=O)OC)C(C)C)cc3)N2c2ccc(C(C)(C)C)cc2)cc1)C(C)C. The molecule has 65 heavy (non-hydrogen) atoms. The molecule has 3 aromatic carbocycles. The first kappa shape index (κ1) is 48.3. The van der Waals surface area contributed by atoms with E-state index in [9.17, 15) is 28.8 Å². The Morgan fingerprint density at radius 3 is 1.29 bits per heavy atom. The van der Waals surface area contributed by atoms with Gasteiger partial charge in [-0.15, -0.1) is 0 Å². The summed E-state index contributed by atoms with van der Waals surface area (Å²) >= 11 is 0. The van der Waals surface area contributed by atoms with Crippen LogP contribution >= 0.6 is 0 Å². The summed E-state index contributed by atoms with van der Waals surface area (Å²) in [6, 6.07) is 21.7. The van der Waals surface area contributed by atoms with Crippen molar-refractivity contribution in [3.05, 3.63) is 89.5 Å². The first-order valence-electron chi connectivity index (χ1n) is 22.9. The number of alkyl carbamates (subject to hydrolysis) is 2. The standard InChI is InChI=1S/C50H67N7O8/c1-30(2)42(53-48(62)64-8)46(60)55-28-10-12-40(55)44(58)51-35-20-14-32(15-21-35)38-26-27-39(57(38)37-24-18-34(19-25-37)50(5,6)7)33-16-22-36(23-17-33)52-45(59)41-13-11-29-56(41)47(61)43(31(3)4)54-49(63)65-9/h14-25,30-31,38-43H,10-13,26-29H2,1-9H3,(H,51,58)(H,52,59)(H,53,62)(H,54,63)/t38?,39?,40-,41-,42-,43-/m0/s1. The average molecular weight is 894 g/mol. The number of hydrogen-bond acceptors (Lipinski definition) is 9. The number of nitrogens with one attached hydrogen (secondary N) is 4. The van der Waals surface area contributed by atoms with Gasteiger partial charge in [-0.1, -0.05) is 84.9 Å². The Morgan fingerprint density at radius 1 is 0.569 bits per heavy atom. The number of carbonyl (C=O) groups is 6. The quantitative estimate of drug-likeness (QED) is 0.134. The third-order valence-electron chi connectivity index (χ3n) is 13.0. The highest BCUT2D eigenvalue weighted by molar-refractivity contribution is 5.99. The Kier molecular flexibility index (Phi) is 15.5. The van der Waals surface area contributed by atoms with Crippen LogP contribution in [0.3, 0.4) is 0 Å². The zero-order valence-electron chi connectivity index (χ0n) is 39.3. The van der Waals surface area contributed by atoms with Crippen molar-refractivity contribution in [2.24, 2.45) is 11.8 Å². The molecule has 3 heterocycles. The lowest BCUT2D eigenvalue weighted by molar-refractivity contribution is -0.139. The average Bonchev–Trinajstić information content (AvgIpc) is 4.08. The van der Waals surface area contributed by atoms with Crippen LogP contribution in [-0.2, 0) is 34.1 Å². The van der Waals surface area contributed by atoms with Gasteiger partial charge in [0.1, 0.15) is 24.2 Å². The van der Waals surface area contributed by atoms with Crippen molar-refractivity contribution in [1.82, 2.24) is 20.4 Å². The number of rotatable bonds is 13. The van der Waals surface area contributed by atoms with E-state index >= 15 is 0 Å². The molecule has 3 aromatic rings. The lowest BCUT2D eigenvalue weighted by Crippen LogP contribution is -2.54. The number of hydrogen-bond donors (Lipinski definition) is 4. The molecule has 0 aromatic heterocycles. The van der Waals surface area contributed by atoms with Gasteiger partial charge in [-0.2, -0.15) is 0 Å². The monoisotopic (exact) mass is 894 g/mol. The number of benzene rings is 3. The van der Waals surface area contributed by atoms with Crippen LogP contribution in [0.4, 0.5) is 26.7 Å². The van der Waals surface area contributed by atoms with Gasteiger partial charge in [0.15, 0.2) is 0 Å². The second-order valence-electron chi connectivity index (χ2n) is 19.1. The van der Waals surface area contributed by atoms with Crippen molar-refractivity contribution in [2.75, 3.05) is 42.8 Å². The number of nitrogens with zero attached hydrogens (tertiary/aromatic N) is 3. The first-order chi connectivity index (χ1) is 30.9. The third kappa shape index (κ3) is 11.2. The number of anilines is 3. The van der Waals surface area contributed by atoms with Gasteiger partial charge in [-0.25, -0.2) is 9.59 Å². The maximum atomic E-state index is 13.7. The fourth-order valence-corrected chi connectivity index (χ4v) is 9.35. The smallest absolute Gasteiger partial charge is 0.407 e. The van der Waals surface area contributed by atoms with E-state index in [1.807, 2.05) is 52.0 Å².